The molecule has 0 radical (unpaired) electrons. The Bertz CT molecular complexity index is 327. The van der Waals surface area contributed by atoms with Gasteiger partial charge in [0, 0.05) is 13.2 Å². The fraction of sp³-hybridized carbons (Fsp3) is 0.600. The van der Waals surface area contributed by atoms with E-state index in [0.717, 1.165) is 37.4 Å². The van der Waals surface area contributed by atoms with Gasteiger partial charge in [0.1, 0.15) is 18.1 Å². The van der Waals surface area contributed by atoms with Crippen LogP contribution < -0.4 is 14.8 Å². The first-order chi connectivity index (χ1) is 9.30. The van der Waals surface area contributed by atoms with E-state index in [4.69, 9.17) is 14.6 Å². The summed E-state index contributed by atoms with van der Waals surface area (Å²) in [7, 11) is 1.65. The fourth-order valence-corrected chi connectivity index (χ4v) is 1.85. The third kappa shape index (κ3) is 6.45. The van der Waals surface area contributed by atoms with Crippen molar-refractivity contribution in [1.82, 2.24) is 5.32 Å². The van der Waals surface area contributed by atoms with Crippen LogP contribution in [0.3, 0.4) is 0 Å². The highest BCUT2D eigenvalue weighted by Gasteiger charge is 2.04. The maximum Gasteiger partial charge on any atom is 0.119 e. The third-order valence-corrected chi connectivity index (χ3v) is 3.15. The summed E-state index contributed by atoms with van der Waals surface area (Å²) in [5.41, 5.74) is 0. The Labute approximate surface area is 115 Å². The Kier molecular flexibility index (Phi) is 8.02. The van der Waals surface area contributed by atoms with Crippen molar-refractivity contribution in [3.05, 3.63) is 24.3 Å². The highest BCUT2D eigenvalue weighted by atomic mass is 16.5. The number of hydrogen-bond donors (Lipinski definition) is 2. The van der Waals surface area contributed by atoms with Gasteiger partial charge >= 0.3 is 0 Å². The predicted molar refractivity (Wildman–Crippen MR) is 76.8 cm³/mol. The van der Waals surface area contributed by atoms with E-state index in [1.165, 1.54) is 0 Å². The summed E-state index contributed by atoms with van der Waals surface area (Å²) in [6.45, 7) is 4.80. The van der Waals surface area contributed by atoms with E-state index in [-0.39, 0.29) is 6.61 Å². The molecule has 0 fully saturated rings. The van der Waals surface area contributed by atoms with Crippen molar-refractivity contribution >= 4 is 0 Å². The number of ether oxygens (including phenoxy) is 2. The van der Waals surface area contributed by atoms with Gasteiger partial charge in [-0.3, -0.25) is 0 Å². The minimum Gasteiger partial charge on any atom is -0.497 e. The molecule has 0 saturated carbocycles. The highest BCUT2D eigenvalue weighted by Crippen LogP contribution is 2.16. The van der Waals surface area contributed by atoms with Crippen LogP contribution in [0, 0.1) is 5.92 Å². The van der Waals surface area contributed by atoms with Gasteiger partial charge in [0.2, 0.25) is 0 Å². The molecule has 0 aliphatic heterocycles. The van der Waals surface area contributed by atoms with Crippen LogP contribution in [-0.4, -0.2) is 38.5 Å². The highest BCUT2D eigenvalue weighted by molar-refractivity contribution is 5.31. The fourth-order valence-electron chi connectivity index (χ4n) is 1.85. The number of nitrogens with one attached hydrogen (secondary N) is 1. The molecule has 1 rings (SSSR count). The molecule has 108 valence electrons. The average Bonchev–Trinajstić information content (AvgIpc) is 2.46. The van der Waals surface area contributed by atoms with Gasteiger partial charge in [0.25, 0.3) is 0 Å². The second-order valence-electron chi connectivity index (χ2n) is 4.51. The third-order valence-electron chi connectivity index (χ3n) is 3.15. The van der Waals surface area contributed by atoms with Crippen LogP contribution in [0.1, 0.15) is 19.8 Å². The molecule has 0 saturated heterocycles. The van der Waals surface area contributed by atoms with Crippen molar-refractivity contribution in [2.24, 2.45) is 5.92 Å². The summed E-state index contributed by atoms with van der Waals surface area (Å²) in [6.07, 6.45) is 1.95. The second-order valence-corrected chi connectivity index (χ2v) is 4.51. The Hall–Kier alpha value is -1.26. The van der Waals surface area contributed by atoms with Crippen LogP contribution in [0.4, 0.5) is 0 Å². The maximum atomic E-state index is 8.90. The minimum atomic E-state index is 0.266. The summed E-state index contributed by atoms with van der Waals surface area (Å²) in [5.74, 6) is 2.23. The summed E-state index contributed by atoms with van der Waals surface area (Å²) in [6, 6.07) is 7.58. The number of rotatable bonds is 10. The molecule has 1 aromatic carbocycles. The van der Waals surface area contributed by atoms with Crippen molar-refractivity contribution in [3.63, 3.8) is 0 Å². The molecule has 19 heavy (non-hydrogen) atoms. The van der Waals surface area contributed by atoms with Gasteiger partial charge in [-0.1, -0.05) is 13.3 Å². The molecule has 1 unspecified atom stereocenters. The van der Waals surface area contributed by atoms with Crippen molar-refractivity contribution in [2.75, 3.05) is 33.4 Å². The van der Waals surface area contributed by atoms with Crippen molar-refractivity contribution < 1.29 is 14.6 Å². The smallest absolute Gasteiger partial charge is 0.119 e. The van der Waals surface area contributed by atoms with Gasteiger partial charge in [-0.2, -0.15) is 0 Å². The summed E-state index contributed by atoms with van der Waals surface area (Å²) >= 11 is 0. The molecule has 4 heteroatoms. The standard InChI is InChI=1S/C15H25NO3/c1-3-13(8-10-17)12-16-9-11-19-15-6-4-14(18-2)5-7-15/h4-7,13,16-17H,3,8-12H2,1-2H3. The number of methoxy groups -OCH3 is 1. The largest absolute Gasteiger partial charge is 0.497 e. The number of aliphatic hydroxyl groups is 1. The predicted octanol–water partition coefficient (Wildman–Crippen LogP) is 2.07. The summed E-state index contributed by atoms with van der Waals surface area (Å²) in [5, 5.41) is 12.3. The zero-order valence-electron chi connectivity index (χ0n) is 11.9. The molecule has 0 heterocycles. The Morgan fingerprint density at radius 1 is 1.21 bits per heavy atom. The Balaban J connectivity index is 2.12. The lowest BCUT2D eigenvalue weighted by Crippen LogP contribution is -2.27. The first kappa shape index (κ1) is 15.8. The Morgan fingerprint density at radius 3 is 2.47 bits per heavy atom. The molecule has 1 atom stereocenters. The molecule has 0 bridgehead atoms. The lowest BCUT2D eigenvalue weighted by molar-refractivity contribution is 0.247. The summed E-state index contributed by atoms with van der Waals surface area (Å²) < 4.78 is 10.7. The molecule has 1 aromatic rings. The SMILES string of the molecule is CCC(CCO)CNCCOc1ccc(OC)cc1. The molecular weight excluding hydrogens is 242 g/mol. The van der Waals surface area contributed by atoms with Gasteiger partial charge in [-0.15, -0.1) is 0 Å². The van der Waals surface area contributed by atoms with Gasteiger partial charge in [0.15, 0.2) is 0 Å². The molecule has 0 amide bonds. The number of aliphatic hydroxyl groups excluding tert-OH is 1. The van der Waals surface area contributed by atoms with E-state index < -0.39 is 0 Å². The number of hydrogen-bond acceptors (Lipinski definition) is 4. The average molecular weight is 267 g/mol. The van der Waals surface area contributed by atoms with Gasteiger partial charge in [0.05, 0.1) is 7.11 Å². The Morgan fingerprint density at radius 2 is 1.89 bits per heavy atom. The van der Waals surface area contributed by atoms with Crippen molar-refractivity contribution in [2.45, 2.75) is 19.8 Å². The number of benzene rings is 1. The van der Waals surface area contributed by atoms with E-state index in [0.29, 0.717) is 12.5 Å². The lowest BCUT2D eigenvalue weighted by atomic mass is 10.0. The van der Waals surface area contributed by atoms with Crippen LogP contribution in [-0.2, 0) is 0 Å². The van der Waals surface area contributed by atoms with Crippen LogP contribution in [0.5, 0.6) is 11.5 Å². The normalized spacial score (nSPS) is 12.2. The van der Waals surface area contributed by atoms with E-state index in [2.05, 4.69) is 12.2 Å². The van der Waals surface area contributed by atoms with Crippen LogP contribution in [0.15, 0.2) is 24.3 Å². The van der Waals surface area contributed by atoms with E-state index in [1.54, 1.807) is 7.11 Å². The topological polar surface area (TPSA) is 50.7 Å². The van der Waals surface area contributed by atoms with Crippen molar-refractivity contribution in [3.8, 4) is 11.5 Å². The van der Waals surface area contributed by atoms with Crippen LogP contribution in [0.2, 0.25) is 0 Å². The van der Waals surface area contributed by atoms with Crippen molar-refractivity contribution in [1.29, 1.82) is 0 Å². The molecule has 2 N–H and O–H groups in total. The lowest BCUT2D eigenvalue weighted by Gasteiger charge is -2.14. The maximum absolute atomic E-state index is 8.90. The zero-order valence-corrected chi connectivity index (χ0v) is 11.9. The quantitative estimate of drug-likeness (QED) is 0.637. The van der Waals surface area contributed by atoms with Crippen LogP contribution >= 0.6 is 0 Å². The molecule has 0 spiro atoms. The minimum absolute atomic E-state index is 0.266. The molecule has 0 aliphatic carbocycles. The van der Waals surface area contributed by atoms with Crippen LogP contribution in [0.25, 0.3) is 0 Å². The first-order valence-corrected chi connectivity index (χ1v) is 6.88. The monoisotopic (exact) mass is 267 g/mol. The first-order valence-electron chi connectivity index (χ1n) is 6.88. The zero-order chi connectivity index (χ0) is 13.9. The molecular formula is C15H25NO3. The molecule has 4 nitrogen and oxygen atoms in total. The van der Waals surface area contributed by atoms with E-state index >= 15 is 0 Å². The molecule has 0 aromatic heterocycles. The van der Waals surface area contributed by atoms with E-state index in [9.17, 15) is 0 Å². The van der Waals surface area contributed by atoms with Gasteiger partial charge in [-0.25, -0.2) is 0 Å². The van der Waals surface area contributed by atoms with Gasteiger partial charge < -0.3 is 19.9 Å². The second kappa shape index (κ2) is 9.64. The summed E-state index contributed by atoms with van der Waals surface area (Å²) in [4.78, 5) is 0. The van der Waals surface area contributed by atoms with E-state index in [1.807, 2.05) is 24.3 Å². The van der Waals surface area contributed by atoms with Gasteiger partial charge in [-0.05, 0) is 43.1 Å². The molecule has 0 aliphatic rings.